The van der Waals surface area contributed by atoms with E-state index in [2.05, 4.69) is 25.3 Å². The lowest BCUT2D eigenvalue weighted by molar-refractivity contribution is 0.550. The molecule has 1 N–H and O–H groups in total. The normalized spacial score (nSPS) is 12.1. The lowest BCUT2D eigenvalue weighted by atomic mass is 10.1. The molecule has 0 saturated heterocycles. The summed E-state index contributed by atoms with van der Waals surface area (Å²) in [5.41, 5.74) is 2.46. The number of fused-ring (bicyclic) bond motifs is 1. The van der Waals surface area contributed by atoms with Gasteiger partial charge in [0.1, 0.15) is 29.3 Å². The van der Waals surface area contributed by atoms with Crippen molar-refractivity contribution in [3.8, 4) is 11.3 Å². The van der Waals surface area contributed by atoms with Crippen LogP contribution in [0.4, 0.5) is 19.0 Å². The standard InChI is InChI=1S/C20H14F3N5/c1-11(18-15(23)8-14(22)9-24-18)27-20-19-17(25-10-26-20)7-6-16(28-19)12-2-4-13(21)5-3-12/h2-11H,1H3,(H,25,26,27). The van der Waals surface area contributed by atoms with Crippen LogP contribution in [0.15, 0.2) is 55.0 Å². The summed E-state index contributed by atoms with van der Waals surface area (Å²) in [7, 11) is 0. The van der Waals surface area contributed by atoms with Gasteiger partial charge in [0.15, 0.2) is 5.82 Å². The molecule has 0 radical (unpaired) electrons. The van der Waals surface area contributed by atoms with E-state index in [-0.39, 0.29) is 11.5 Å². The van der Waals surface area contributed by atoms with E-state index in [9.17, 15) is 13.2 Å². The molecule has 0 bridgehead atoms. The molecule has 3 heterocycles. The number of rotatable bonds is 4. The van der Waals surface area contributed by atoms with Crippen molar-refractivity contribution in [2.45, 2.75) is 13.0 Å². The minimum atomic E-state index is -0.752. The van der Waals surface area contributed by atoms with Gasteiger partial charge < -0.3 is 5.32 Å². The zero-order valence-electron chi connectivity index (χ0n) is 14.7. The van der Waals surface area contributed by atoms with Crippen LogP contribution in [0.2, 0.25) is 0 Å². The van der Waals surface area contributed by atoms with Gasteiger partial charge in [-0.2, -0.15) is 0 Å². The summed E-state index contributed by atoms with van der Waals surface area (Å²) in [5.74, 6) is -1.45. The quantitative estimate of drug-likeness (QED) is 0.556. The van der Waals surface area contributed by atoms with Gasteiger partial charge in [0, 0.05) is 11.6 Å². The van der Waals surface area contributed by atoms with Crippen LogP contribution in [0.5, 0.6) is 0 Å². The predicted octanol–water partition coefficient (Wildman–Crippen LogP) is 4.68. The summed E-state index contributed by atoms with van der Waals surface area (Å²) in [4.78, 5) is 16.8. The number of halogens is 3. The van der Waals surface area contributed by atoms with Gasteiger partial charge in [-0.25, -0.2) is 28.1 Å². The molecule has 4 aromatic rings. The highest BCUT2D eigenvalue weighted by atomic mass is 19.1. The minimum absolute atomic E-state index is 0.0582. The Bertz CT molecular complexity index is 1150. The van der Waals surface area contributed by atoms with Crippen molar-refractivity contribution in [2.75, 3.05) is 5.32 Å². The highest BCUT2D eigenvalue weighted by molar-refractivity contribution is 5.87. The molecule has 0 aliphatic heterocycles. The largest absolute Gasteiger partial charge is 0.360 e. The molecule has 5 nitrogen and oxygen atoms in total. The Hall–Kier alpha value is -3.55. The van der Waals surface area contributed by atoms with Gasteiger partial charge in [0.25, 0.3) is 0 Å². The van der Waals surface area contributed by atoms with Crippen molar-refractivity contribution in [1.29, 1.82) is 0 Å². The predicted molar refractivity (Wildman–Crippen MR) is 98.9 cm³/mol. The number of pyridine rings is 2. The zero-order valence-corrected chi connectivity index (χ0v) is 14.7. The van der Waals surface area contributed by atoms with Crippen molar-refractivity contribution in [2.24, 2.45) is 0 Å². The van der Waals surface area contributed by atoms with Crippen LogP contribution >= 0.6 is 0 Å². The van der Waals surface area contributed by atoms with Gasteiger partial charge in [-0.05, 0) is 43.3 Å². The third kappa shape index (κ3) is 3.48. The number of nitrogens with zero attached hydrogens (tertiary/aromatic N) is 4. The Kier molecular flexibility index (Phi) is 4.60. The summed E-state index contributed by atoms with van der Waals surface area (Å²) in [6.45, 7) is 1.68. The van der Waals surface area contributed by atoms with E-state index in [1.54, 1.807) is 31.2 Å². The smallest absolute Gasteiger partial charge is 0.156 e. The molecule has 140 valence electrons. The molecule has 0 fully saturated rings. The third-order valence-corrected chi connectivity index (χ3v) is 4.22. The minimum Gasteiger partial charge on any atom is -0.360 e. The fourth-order valence-electron chi connectivity index (χ4n) is 2.84. The topological polar surface area (TPSA) is 63.6 Å². The van der Waals surface area contributed by atoms with Gasteiger partial charge in [0.2, 0.25) is 0 Å². The molecule has 1 aromatic carbocycles. The van der Waals surface area contributed by atoms with Crippen molar-refractivity contribution in [3.05, 3.63) is 78.1 Å². The van der Waals surface area contributed by atoms with E-state index < -0.39 is 17.7 Å². The van der Waals surface area contributed by atoms with Crippen molar-refractivity contribution in [3.63, 3.8) is 0 Å². The molecule has 4 rings (SSSR count). The van der Waals surface area contributed by atoms with E-state index in [0.717, 1.165) is 17.8 Å². The average molecular weight is 381 g/mol. The zero-order chi connectivity index (χ0) is 19.7. The van der Waals surface area contributed by atoms with Gasteiger partial charge in [-0.3, -0.25) is 4.98 Å². The SMILES string of the molecule is CC(Nc1ncnc2ccc(-c3ccc(F)cc3)nc12)c1ncc(F)cc1F. The summed E-state index contributed by atoms with van der Waals surface area (Å²) in [6, 6.07) is 9.70. The third-order valence-electron chi connectivity index (χ3n) is 4.22. The second-order valence-electron chi connectivity index (χ2n) is 6.18. The van der Waals surface area contributed by atoms with E-state index in [0.29, 0.717) is 22.5 Å². The fraction of sp³-hybridized carbons (Fsp3) is 0.100. The highest BCUT2D eigenvalue weighted by Gasteiger charge is 2.16. The fourth-order valence-corrected chi connectivity index (χ4v) is 2.84. The number of anilines is 1. The first kappa shape index (κ1) is 17.8. The summed E-state index contributed by atoms with van der Waals surface area (Å²) in [5, 5.41) is 3.05. The van der Waals surface area contributed by atoms with Crippen LogP contribution in [0.3, 0.4) is 0 Å². The molecule has 0 aliphatic rings. The van der Waals surface area contributed by atoms with Gasteiger partial charge >= 0.3 is 0 Å². The van der Waals surface area contributed by atoms with Crippen LogP contribution in [0.25, 0.3) is 22.3 Å². The van der Waals surface area contributed by atoms with Crippen LogP contribution in [-0.2, 0) is 0 Å². The molecule has 3 aromatic heterocycles. The maximum atomic E-state index is 14.0. The maximum absolute atomic E-state index is 14.0. The molecule has 0 aliphatic carbocycles. The second-order valence-corrected chi connectivity index (χ2v) is 6.18. The number of hydrogen-bond acceptors (Lipinski definition) is 5. The van der Waals surface area contributed by atoms with E-state index in [1.807, 2.05) is 0 Å². The van der Waals surface area contributed by atoms with Crippen LogP contribution < -0.4 is 5.32 Å². The number of aromatic nitrogens is 4. The number of hydrogen-bond donors (Lipinski definition) is 1. The first-order valence-corrected chi connectivity index (χ1v) is 8.46. The number of benzene rings is 1. The Labute approximate surface area is 158 Å². The second kappa shape index (κ2) is 7.22. The molecule has 0 saturated carbocycles. The molecule has 0 amide bonds. The number of nitrogens with one attached hydrogen (secondary N) is 1. The first-order valence-electron chi connectivity index (χ1n) is 8.46. The van der Waals surface area contributed by atoms with Crippen molar-refractivity contribution >= 4 is 16.9 Å². The molecule has 0 spiro atoms. The monoisotopic (exact) mass is 381 g/mol. The molecule has 28 heavy (non-hydrogen) atoms. The Morgan fingerprint density at radius 1 is 0.893 bits per heavy atom. The van der Waals surface area contributed by atoms with Crippen molar-refractivity contribution < 1.29 is 13.2 Å². The molecular weight excluding hydrogens is 367 g/mol. The lowest BCUT2D eigenvalue weighted by Crippen LogP contribution is -2.13. The van der Waals surface area contributed by atoms with E-state index in [4.69, 9.17) is 0 Å². The van der Waals surface area contributed by atoms with Crippen molar-refractivity contribution in [1.82, 2.24) is 19.9 Å². The maximum Gasteiger partial charge on any atom is 0.156 e. The Morgan fingerprint density at radius 3 is 2.43 bits per heavy atom. The van der Waals surface area contributed by atoms with E-state index in [1.165, 1.54) is 18.5 Å². The molecule has 1 atom stereocenters. The molecule has 1 unspecified atom stereocenters. The molecular formula is C20H14F3N5. The first-order chi connectivity index (χ1) is 13.5. The summed E-state index contributed by atoms with van der Waals surface area (Å²) >= 11 is 0. The molecule has 8 heteroatoms. The van der Waals surface area contributed by atoms with Gasteiger partial charge in [-0.15, -0.1) is 0 Å². The van der Waals surface area contributed by atoms with Gasteiger partial charge in [-0.1, -0.05) is 0 Å². The summed E-state index contributed by atoms with van der Waals surface area (Å²) in [6.07, 6.45) is 2.32. The lowest BCUT2D eigenvalue weighted by Gasteiger charge is -2.15. The Morgan fingerprint density at radius 2 is 1.68 bits per heavy atom. The van der Waals surface area contributed by atoms with Crippen LogP contribution in [-0.4, -0.2) is 19.9 Å². The summed E-state index contributed by atoms with van der Waals surface area (Å²) < 4.78 is 40.3. The van der Waals surface area contributed by atoms with Crippen LogP contribution in [0, 0.1) is 17.5 Å². The highest BCUT2D eigenvalue weighted by Crippen LogP contribution is 2.26. The van der Waals surface area contributed by atoms with Gasteiger partial charge in [0.05, 0.1) is 29.1 Å². The average Bonchev–Trinajstić information content (AvgIpc) is 2.68. The Balaban J connectivity index is 1.72. The van der Waals surface area contributed by atoms with E-state index >= 15 is 0 Å². The van der Waals surface area contributed by atoms with Crippen LogP contribution in [0.1, 0.15) is 18.7 Å².